The normalized spacial score (nSPS) is 21.8. The van der Waals surface area contributed by atoms with Crippen LogP contribution in [0.3, 0.4) is 0 Å². The molecule has 0 spiro atoms. The first-order chi connectivity index (χ1) is 7.01. The van der Waals surface area contributed by atoms with E-state index in [0.29, 0.717) is 18.4 Å². The number of methoxy groups -OCH3 is 1. The Morgan fingerprint density at radius 2 is 1.93 bits per heavy atom. The van der Waals surface area contributed by atoms with Crippen LogP contribution in [-0.2, 0) is 9.53 Å². The lowest BCUT2D eigenvalue weighted by molar-refractivity contribution is -0.155. The Morgan fingerprint density at radius 3 is 2.33 bits per heavy atom. The third-order valence-electron chi connectivity index (χ3n) is 3.19. The maximum Gasteiger partial charge on any atom is 0.315 e. The molecule has 0 radical (unpaired) electrons. The molecule has 1 atom stereocenters. The van der Waals surface area contributed by atoms with Gasteiger partial charge in [-0.05, 0) is 19.8 Å². The van der Waals surface area contributed by atoms with Crippen LogP contribution < -0.4 is 0 Å². The molecule has 3 nitrogen and oxygen atoms in total. The van der Waals surface area contributed by atoms with Gasteiger partial charge in [-0.1, -0.05) is 31.4 Å². The number of ether oxygens (including phenoxy) is 1. The van der Waals surface area contributed by atoms with E-state index in [-0.39, 0.29) is 5.97 Å². The van der Waals surface area contributed by atoms with Gasteiger partial charge in [0, 0.05) is 0 Å². The molecular formula is C12H20O3. The van der Waals surface area contributed by atoms with Crippen LogP contribution in [0.4, 0.5) is 0 Å². The fraction of sp³-hybridized carbons (Fsp3) is 0.750. The molecule has 15 heavy (non-hydrogen) atoms. The molecule has 1 unspecified atom stereocenters. The first-order valence-corrected chi connectivity index (χ1v) is 5.47. The molecule has 0 aromatic heterocycles. The lowest BCUT2D eigenvalue weighted by atomic mass is 9.73. The molecule has 1 rings (SSSR count). The maximum atomic E-state index is 11.6. The van der Waals surface area contributed by atoms with E-state index in [9.17, 15) is 9.90 Å². The second-order valence-corrected chi connectivity index (χ2v) is 4.47. The fourth-order valence-electron chi connectivity index (χ4n) is 2.45. The van der Waals surface area contributed by atoms with Gasteiger partial charge in [-0.15, -0.1) is 0 Å². The lowest BCUT2D eigenvalue weighted by Gasteiger charge is -2.37. The molecule has 3 heteroatoms. The standard InChI is InChI=1S/C12H20O3/c1-9(2)10(11(13)15-3)12(14)7-5-4-6-8-12/h10,14H,1,4-8H2,2-3H3. The average molecular weight is 212 g/mol. The van der Waals surface area contributed by atoms with Crippen molar-refractivity contribution in [3.05, 3.63) is 12.2 Å². The number of esters is 1. The van der Waals surface area contributed by atoms with E-state index < -0.39 is 11.5 Å². The number of aliphatic hydroxyl groups is 1. The molecule has 0 amide bonds. The van der Waals surface area contributed by atoms with Gasteiger partial charge in [-0.2, -0.15) is 0 Å². The highest BCUT2D eigenvalue weighted by molar-refractivity contribution is 5.77. The molecule has 0 saturated heterocycles. The molecule has 86 valence electrons. The molecule has 0 heterocycles. The summed E-state index contributed by atoms with van der Waals surface area (Å²) in [6.07, 6.45) is 4.40. The van der Waals surface area contributed by atoms with Crippen LogP contribution in [0.5, 0.6) is 0 Å². The van der Waals surface area contributed by atoms with Gasteiger partial charge in [-0.3, -0.25) is 4.79 Å². The van der Waals surface area contributed by atoms with Crippen molar-refractivity contribution in [1.82, 2.24) is 0 Å². The molecule has 0 aromatic carbocycles. The van der Waals surface area contributed by atoms with Crippen molar-refractivity contribution in [2.75, 3.05) is 7.11 Å². The average Bonchev–Trinajstić information content (AvgIpc) is 2.17. The number of carbonyl (C=O) groups excluding carboxylic acids is 1. The predicted molar refractivity (Wildman–Crippen MR) is 58.4 cm³/mol. The summed E-state index contributed by atoms with van der Waals surface area (Å²) in [7, 11) is 1.35. The minimum absolute atomic E-state index is 0.369. The lowest BCUT2D eigenvalue weighted by Crippen LogP contribution is -2.44. The summed E-state index contributed by atoms with van der Waals surface area (Å²) < 4.78 is 4.73. The summed E-state index contributed by atoms with van der Waals surface area (Å²) in [5, 5.41) is 10.4. The van der Waals surface area contributed by atoms with Crippen molar-refractivity contribution in [2.24, 2.45) is 5.92 Å². The van der Waals surface area contributed by atoms with Gasteiger partial charge in [0.1, 0.15) is 5.92 Å². The minimum Gasteiger partial charge on any atom is -0.468 e. The zero-order chi connectivity index (χ0) is 11.5. The van der Waals surface area contributed by atoms with E-state index in [1.807, 2.05) is 0 Å². The van der Waals surface area contributed by atoms with Crippen LogP contribution >= 0.6 is 0 Å². The molecule has 0 aliphatic heterocycles. The molecular weight excluding hydrogens is 192 g/mol. The van der Waals surface area contributed by atoms with Gasteiger partial charge in [0.25, 0.3) is 0 Å². The van der Waals surface area contributed by atoms with Crippen molar-refractivity contribution >= 4 is 5.97 Å². The van der Waals surface area contributed by atoms with E-state index >= 15 is 0 Å². The highest BCUT2D eigenvalue weighted by atomic mass is 16.5. The number of rotatable bonds is 3. The third kappa shape index (κ3) is 2.59. The van der Waals surface area contributed by atoms with E-state index in [1.54, 1.807) is 6.92 Å². The van der Waals surface area contributed by atoms with Gasteiger partial charge >= 0.3 is 5.97 Å². The fourth-order valence-corrected chi connectivity index (χ4v) is 2.45. The summed E-state index contributed by atoms with van der Waals surface area (Å²) in [6.45, 7) is 5.56. The SMILES string of the molecule is C=C(C)C(C(=O)OC)C1(O)CCCCC1. The quantitative estimate of drug-likeness (QED) is 0.575. The Morgan fingerprint density at radius 1 is 1.40 bits per heavy atom. The van der Waals surface area contributed by atoms with Crippen LogP contribution in [0.15, 0.2) is 12.2 Å². The predicted octanol–water partition coefficient (Wildman–Crippen LogP) is 2.05. The molecule has 0 bridgehead atoms. The zero-order valence-corrected chi connectivity index (χ0v) is 9.58. The first-order valence-electron chi connectivity index (χ1n) is 5.47. The highest BCUT2D eigenvalue weighted by Crippen LogP contribution is 2.37. The van der Waals surface area contributed by atoms with Crippen LogP contribution in [0, 0.1) is 5.92 Å². The molecule has 1 N–H and O–H groups in total. The van der Waals surface area contributed by atoms with Crippen molar-refractivity contribution in [3.63, 3.8) is 0 Å². The zero-order valence-electron chi connectivity index (χ0n) is 9.58. The number of carbonyl (C=O) groups is 1. The molecule has 1 aliphatic carbocycles. The molecule has 1 fully saturated rings. The second kappa shape index (κ2) is 4.79. The molecule has 0 aromatic rings. The summed E-state index contributed by atoms with van der Waals surface area (Å²) in [5.41, 5.74) is -0.247. The summed E-state index contributed by atoms with van der Waals surface area (Å²) in [4.78, 5) is 11.6. The van der Waals surface area contributed by atoms with Gasteiger partial charge in [0.05, 0.1) is 12.7 Å². The van der Waals surface area contributed by atoms with Crippen LogP contribution in [0.1, 0.15) is 39.0 Å². The highest BCUT2D eigenvalue weighted by Gasteiger charge is 2.43. The second-order valence-electron chi connectivity index (χ2n) is 4.47. The van der Waals surface area contributed by atoms with E-state index in [1.165, 1.54) is 7.11 Å². The smallest absolute Gasteiger partial charge is 0.315 e. The van der Waals surface area contributed by atoms with Crippen molar-refractivity contribution in [3.8, 4) is 0 Å². The molecule has 1 aliphatic rings. The Hall–Kier alpha value is -0.830. The van der Waals surface area contributed by atoms with Gasteiger partial charge < -0.3 is 9.84 Å². The summed E-state index contributed by atoms with van der Waals surface area (Å²) in [5.74, 6) is -0.935. The van der Waals surface area contributed by atoms with Gasteiger partial charge in [0.15, 0.2) is 0 Å². The van der Waals surface area contributed by atoms with Gasteiger partial charge in [0.2, 0.25) is 0 Å². The molecule has 1 saturated carbocycles. The van der Waals surface area contributed by atoms with Crippen molar-refractivity contribution in [1.29, 1.82) is 0 Å². The number of hydrogen-bond donors (Lipinski definition) is 1. The monoisotopic (exact) mass is 212 g/mol. The largest absolute Gasteiger partial charge is 0.468 e. The Kier molecular flexibility index (Phi) is 3.91. The summed E-state index contributed by atoms with van der Waals surface area (Å²) in [6, 6.07) is 0. The van der Waals surface area contributed by atoms with E-state index in [2.05, 4.69) is 6.58 Å². The van der Waals surface area contributed by atoms with E-state index in [0.717, 1.165) is 19.3 Å². The Labute approximate surface area is 91.1 Å². The van der Waals surface area contributed by atoms with Crippen LogP contribution in [0.25, 0.3) is 0 Å². The Bertz CT molecular complexity index is 252. The van der Waals surface area contributed by atoms with Crippen LogP contribution in [0.2, 0.25) is 0 Å². The van der Waals surface area contributed by atoms with Crippen LogP contribution in [-0.4, -0.2) is 23.8 Å². The topological polar surface area (TPSA) is 46.5 Å². The van der Waals surface area contributed by atoms with Crippen molar-refractivity contribution < 1.29 is 14.6 Å². The Balaban J connectivity index is 2.86. The van der Waals surface area contributed by atoms with Gasteiger partial charge in [-0.25, -0.2) is 0 Å². The minimum atomic E-state index is -0.933. The third-order valence-corrected chi connectivity index (χ3v) is 3.19. The number of hydrogen-bond acceptors (Lipinski definition) is 3. The first kappa shape index (κ1) is 12.2. The summed E-state index contributed by atoms with van der Waals surface area (Å²) >= 11 is 0. The van der Waals surface area contributed by atoms with E-state index in [4.69, 9.17) is 4.74 Å². The van der Waals surface area contributed by atoms with Crippen molar-refractivity contribution in [2.45, 2.75) is 44.6 Å². The maximum absolute atomic E-state index is 11.6.